The molecule has 0 bridgehead atoms. The number of aryl methyl sites for hydroxylation is 2. The van der Waals surface area contributed by atoms with E-state index in [1.807, 2.05) is 31.2 Å². The van der Waals surface area contributed by atoms with Crippen LogP contribution in [0.4, 0.5) is 17.1 Å². The SMILES string of the molecule is COCCOCCOCCOCCOCCOCCOP(O)(=S)OCCOCCNC(=O)CCC(=O)Cc1ccc(-c2ccc(N=Nc3ccc4c(S(=O)(=O)O)cc(S(=O)(=O)O)c(N)c4c3O)c(C)c2)cc1C. The second-order valence-electron chi connectivity index (χ2n) is 15.8. The largest absolute Gasteiger partial charge is 0.505 e. The molecule has 7 N–H and O–H groups in total. The number of azo groups is 1. The summed E-state index contributed by atoms with van der Waals surface area (Å²) in [6, 6.07) is 13.8. The zero-order valence-corrected chi connectivity index (χ0v) is 44.0. The minimum absolute atomic E-state index is 0.00126. The van der Waals surface area contributed by atoms with Gasteiger partial charge >= 0.3 is 6.72 Å². The second kappa shape index (κ2) is 30.8. The lowest BCUT2D eigenvalue weighted by molar-refractivity contribution is -0.125. The molecule has 23 nitrogen and oxygen atoms in total. The number of hydrogen-bond donors (Lipinski definition) is 6. The molecule has 0 spiro atoms. The first-order chi connectivity index (χ1) is 34.7. The molecule has 0 aliphatic carbocycles. The number of amides is 1. The highest BCUT2D eigenvalue weighted by Crippen LogP contribution is 2.44. The van der Waals surface area contributed by atoms with Gasteiger partial charge in [0.2, 0.25) is 5.91 Å². The van der Waals surface area contributed by atoms with Gasteiger partial charge in [-0.15, -0.1) is 5.11 Å². The van der Waals surface area contributed by atoms with Crippen molar-refractivity contribution in [2.45, 2.75) is 42.9 Å². The molecule has 0 aromatic heterocycles. The number of benzene rings is 4. The van der Waals surface area contributed by atoms with Crippen LogP contribution in [0.3, 0.4) is 0 Å². The number of aromatic hydroxyl groups is 1. The summed E-state index contributed by atoms with van der Waals surface area (Å²) in [6.45, 7) is 5.30. The molecular weight excluding hydrogens is 1040 g/mol. The van der Waals surface area contributed by atoms with Crippen molar-refractivity contribution in [3.05, 3.63) is 71.3 Å². The number of anilines is 1. The van der Waals surface area contributed by atoms with Crippen LogP contribution in [-0.4, -0.2) is 160 Å². The molecule has 4 rings (SSSR count). The number of Topliss-reactive ketones (excluding diaryl/α,β-unsaturated/α-hetero) is 1. The summed E-state index contributed by atoms with van der Waals surface area (Å²) in [5.41, 5.74) is 9.45. The number of nitrogens with one attached hydrogen (secondary N) is 1. The Morgan fingerprint density at radius 3 is 1.64 bits per heavy atom. The van der Waals surface area contributed by atoms with Crippen molar-refractivity contribution >= 4 is 78.3 Å². The Bertz CT molecular complexity index is 2770. The van der Waals surface area contributed by atoms with Crippen LogP contribution in [0.25, 0.3) is 21.9 Å². The van der Waals surface area contributed by atoms with Crippen molar-refractivity contribution in [1.29, 1.82) is 0 Å². The van der Waals surface area contributed by atoms with Crippen molar-refractivity contribution in [1.82, 2.24) is 5.32 Å². The molecule has 1 amide bonds. The Hall–Kier alpha value is -4.45. The molecule has 73 heavy (non-hydrogen) atoms. The lowest BCUT2D eigenvalue weighted by atomic mass is 9.95. The van der Waals surface area contributed by atoms with Gasteiger partial charge in [-0.25, -0.2) is 0 Å². The van der Waals surface area contributed by atoms with E-state index in [9.17, 15) is 45.5 Å². The van der Waals surface area contributed by atoms with Gasteiger partial charge in [0, 0.05) is 38.3 Å². The van der Waals surface area contributed by atoms with Gasteiger partial charge in [0.05, 0.1) is 116 Å². The maximum absolute atomic E-state index is 12.8. The van der Waals surface area contributed by atoms with Crippen molar-refractivity contribution in [2.24, 2.45) is 10.2 Å². The Kier molecular flexibility index (Phi) is 25.8. The van der Waals surface area contributed by atoms with Gasteiger partial charge in [-0.3, -0.25) is 18.7 Å². The highest BCUT2D eigenvalue weighted by Gasteiger charge is 2.27. The van der Waals surface area contributed by atoms with Gasteiger partial charge in [-0.1, -0.05) is 30.3 Å². The van der Waals surface area contributed by atoms with Crippen LogP contribution < -0.4 is 11.1 Å². The van der Waals surface area contributed by atoms with Crippen LogP contribution in [0.1, 0.15) is 29.5 Å². The van der Waals surface area contributed by atoms with E-state index < -0.39 is 53.6 Å². The van der Waals surface area contributed by atoms with E-state index in [0.29, 0.717) is 83.4 Å². The Balaban J connectivity index is 1.08. The number of nitrogens with zero attached hydrogens (tertiary/aromatic N) is 2. The number of carbonyl (C=O) groups excluding carboxylic acids is 2. The summed E-state index contributed by atoms with van der Waals surface area (Å²) in [4.78, 5) is 33.5. The molecule has 0 aliphatic rings. The zero-order valence-electron chi connectivity index (χ0n) is 40.7. The standard InChI is InChI=1S/C46H63N4O19PS3/c1-32-28-35(36-6-9-39(33(2)29-36)49-50-40-10-8-38-41(72(55,56)57)31-42(73(58,59)60)45(47)44(38)46(40)53)5-4-34(32)30-37(51)7-11-43(52)48-12-13-62-24-26-68-70(54,71)69-27-25-67-23-22-66-21-20-65-19-18-64-17-16-63-15-14-61-3/h4-6,8-10,28-29,31,53H,7,11-27,30,47H2,1-3H3,(H,48,52)(H,54,71)(H,55,56,57)(H,58,59,60). The molecule has 404 valence electrons. The van der Waals surface area contributed by atoms with Gasteiger partial charge in [0.1, 0.15) is 21.3 Å². The number of fused-ring (bicyclic) bond motifs is 1. The normalized spacial score (nSPS) is 13.0. The first-order valence-corrected chi connectivity index (χ1v) is 28.2. The number of ketones is 1. The van der Waals surface area contributed by atoms with E-state index in [-0.39, 0.29) is 81.6 Å². The topological polar surface area (TPSA) is 329 Å². The van der Waals surface area contributed by atoms with Crippen molar-refractivity contribution in [3.63, 3.8) is 0 Å². The Labute approximate surface area is 429 Å². The fourth-order valence-electron chi connectivity index (χ4n) is 6.68. The number of rotatable bonds is 36. The first kappa shape index (κ1) is 61.1. The van der Waals surface area contributed by atoms with Crippen LogP contribution in [0.15, 0.2) is 74.6 Å². The number of hydrogen-bond acceptors (Lipinski definition) is 20. The highest BCUT2D eigenvalue weighted by atomic mass is 32.5. The summed E-state index contributed by atoms with van der Waals surface area (Å²) in [6.07, 6.45) is 0.175. The summed E-state index contributed by atoms with van der Waals surface area (Å²) in [5, 5.41) is 21.2. The smallest absolute Gasteiger partial charge is 0.324 e. The van der Waals surface area contributed by atoms with Crippen molar-refractivity contribution < 1.29 is 87.7 Å². The van der Waals surface area contributed by atoms with E-state index in [1.54, 1.807) is 26.2 Å². The van der Waals surface area contributed by atoms with Gasteiger partial charge in [0.15, 0.2) is 5.75 Å². The summed E-state index contributed by atoms with van der Waals surface area (Å²) < 4.78 is 115. The predicted octanol–water partition coefficient (Wildman–Crippen LogP) is 5.32. The van der Waals surface area contributed by atoms with E-state index in [0.717, 1.165) is 28.3 Å². The van der Waals surface area contributed by atoms with Gasteiger partial charge in [-0.05, 0) is 77.7 Å². The van der Waals surface area contributed by atoms with Crippen LogP contribution in [0.2, 0.25) is 0 Å². The molecule has 1 atom stereocenters. The van der Waals surface area contributed by atoms with Gasteiger partial charge < -0.3 is 63.3 Å². The third-order valence-corrected chi connectivity index (χ3v) is 13.8. The van der Waals surface area contributed by atoms with Crippen LogP contribution in [0, 0.1) is 13.8 Å². The minimum Gasteiger partial charge on any atom is -0.505 e. The average Bonchev–Trinajstić information content (AvgIpc) is 3.32. The molecule has 0 saturated heterocycles. The van der Waals surface area contributed by atoms with E-state index in [2.05, 4.69) is 15.5 Å². The van der Waals surface area contributed by atoms with Crippen molar-refractivity contribution in [2.75, 3.05) is 118 Å². The van der Waals surface area contributed by atoms with E-state index in [1.165, 1.54) is 6.07 Å². The third-order valence-electron chi connectivity index (χ3n) is 10.4. The molecule has 0 fully saturated rings. The molecule has 0 aliphatic heterocycles. The predicted molar refractivity (Wildman–Crippen MR) is 271 cm³/mol. The fraction of sp³-hybridized carbons (Fsp3) is 0.478. The Morgan fingerprint density at radius 1 is 0.644 bits per heavy atom. The Morgan fingerprint density at radius 2 is 1.12 bits per heavy atom. The average molecular weight is 1100 g/mol. The zero-order chi connectivity index (χ0) is 53.4. The quantitative estimate of drug-likeness (QED) is 0.0110. The highest BCUT2D eigenvalue weighted by molar-refractivity contribution is 8.07. The number of phenolic OH excluding ortho intramolecular Hbond substituents is 1. The van der Waals surface area contributed by atoms with Crippen LogP contribution in [0.5, 0.6) is 5.75 Å². The summed E-state index contributed by atoms with van der Waals surface area (Å²) in [7, 11) is -8.48. The fourth-order valence-corrected chi connectivity index (χ4v) is 9.25. The van der Waals surface area contributed by atoms with E-state index in [4.69, 9.17) is 59.7 Å². The number of nitrogen functional groups attached to an aromatic ring is 1. The summed E-state index contributed by atoms with van der Waals surface area (Å²) in [5.74, 6) is -1.17. The molecule has 27 heteroatoms. The van der Waals surface area contributed by atoms with Gasteiger partial charge in [-0.2, -0.15) is 21.9 Å². The lowest BCUT2D eigenvalue weighted by Gasteiger charge is -2.16. The number of phenols is 1. The van der Waals surface area contributed by atoms with E-state index >= 15 is 0 Å². The number of nitrogens with two attached hydrogens (primary N) is 1. The van der Waals surface area contributed by atoms with Crippen LogP contribution in [-0.2, 0) is 90.3 Å². The number of carbonyl (C=O) groups is 2. The minimum atomic E-state index is -5.07. The molecule has 0 radical (unpaired) electrons. The first-order valence-electron chi connectivity index (χ1n) is 22.7. The summed E-state index contributed by atoms with van der Waals surface area (Å²) >= 11 is 5.00. The third kappa shape index (κ3) is 21.4. The van der Waals surface area contributed by atoms with Gasteiger partial charge in [0.25, 0.3) is 20.2 Å². The molecule has 4 aromatic rings. The maximum atomic E-state index is 12.8. The monoisotopic (exact) mass is 1100 g/mol. The number of methoxy groups -OCH3 is 1. The molecular formula is C46H63N4O19PS3. The second-order valence-corrected chi connectivity index (χ2v) is 21.4. The lowest BCUT2D eigenvalue weighted by Crippen LogP contribution is -2.28. The molecule has 0 heterocycles. The molecule has 4 aromatic carbocycles. The molecule has 0 saturated carbocycles. The van der Waals surface area contributed by atoms with Crippen LogP contribution >= 0.6 is 6.72 Å². The van der Waals surface area contributed by atoms with Crippen molar-refractivity contribution in [3.8, 4) is 16.9 Å². The molecule has 1 unspecified atom stereocenters. The maximum Gasteiger partial charge on any atom is 0.324 e. The number of ether oxygens (including phenoxy) is 7.